The number of halogens is 1. The van der Waals surface area contributed by atoms with Gasteiger partial charge in [-0.15, -0.1) is 0 Å². The van der Waals surface area contributed by atoms with E-state index < -0.39 is 0 Å². The smallest absolute Gasteiger partial charge is 0.269 e. The molecule has 3 N–H and O–H groups in total. The molecular formula is C14H14FN3O. The topological polar surface area (TPSA) is 68.0 Å². The summed E-state index contributed by atoms with van der Waals surface area (Å²) in [6, 6.07) is 11.3. The molecule has 0 saturated heterocycles. The molecule has 98 valence electrons. The van der Waals surface area contributed by atoms with Crippen LogP contribution < -0.4 is 11.1 Å². The first-order valence-corrected chi connectivity index (χ1v) is 5.91. The van der Waals surface area contributed by atoms with Gasteiger partial charge in [-0.05, 0) is 30.2 Å². The predicted molar refractivity (Wildman–Crippen MR) is 71.1 cm³/mol. The van der Waals surface area contributed by atoms with E-state index in [2.05, 4.69) is 10.3 Å². The maximum absolute atomic E-state index is 13.3. The minimum absolute atomic E-state index is 0.258. The zero-order chi connectivity index (χ0) is 13.7. The lowest BCUT2D eigenvalue weighted by Crippen LogP contribution is -2.26. The van der Waals surface area contributed by atoms with Crippen LogP contribution in [0.15, 0.2) is 42.5 Å². The molecule has 19 heavy (non-hydrogen) atoms. The van der Waals surface area contributed by atoms with Gasteiger partial charge in [0, 0.05) is 6.54 Å². The summed E-state index contributed by atoms with van der Waals surface area (Å²) < 4.78 is 13.3. The van der Waals surface area contributed by atoms with E-state index in [9.17, 15) is 9.18 Å². The molecule has 0 spiro atoms. The molecule has 1 amide bonds. The van der Waals surface area contributed by atoms with Gasteiger partial charge >= 0.3 is 0 Å². The standard InChI is InChI=1S/C14H14FN3O/c15-11-5-2-1-4-10(11)8-9-17-14(19)12-6-3-7-13(16)18-12/h1-7H,8-9H2,(H2,16,18)(H,17,19). The lowest BCUT2D eigenvalue weighted by atomic mass is 10.1. The van der Waals surface area contributed by atoms with Crippen molar-refractivity contribution in [1.29, 1.82) is 0 Å². The third-order valence-electron chi connectivity index (χ3n) is 2.64. The van der Waals surface area contributed by atoms with Gasteiger partial charge in [-0.2, -0.15) is 0 Å². The van der Waals surface area contributed by atoms with Gasteiger partial charge in [-0.25, -0.2) is 9.37 Å². The Morgan fingerprint density at radius 1 is 1.21 bits per heavy atom. The number of carbonyl (C=O) groups is 1. The molecule has 4 nitrogen and oxygen atoms in total. The van der Waals surface area contributed by atoms with E-state index in [0.29, 0.717) is 24.3 Å². The molecule has 2 aromatic rings. The third kappa shape index (κ3) is 3.51. The van der Waals surface area contributed by atoms with Gasteiger partial charge in [0.1, 0.15) is 17.3 Å². The van der Waals surface area contributed by atoms with Crippen LogP contribution >= 0.6 is 0 Å². The van der Waals surface area contributed by atoms with Crippen molar-refractivity contribution in [2.45, 2.75) is 6.42 Å². The Bertz CT molecular complexity index is 586. The minimum atomic E-state index is -0.316. The minimum Gasteiger partial charge on any atom is -0.384 e. The largest absolute Gasteiger partial charge is 0.384 e. The van der Waals surface area contributed by atoms with Gasteiger partial charge in [-0.3, -0.25) is 4.79 Å². The fraction of sp³-hybridized carbons (Fsp3) is 0.143. The highest BCUT2D eigenvalue weighted by Gasteiger charge is 2.07. The second-order valence-corrected chi connectivity index (χ2v) is 4.05. The van der Waals surface area contributed by atoms with Gasteiger partial charge in [0.05, 0.1) is 0 Å². The van der Waals surface area contributed by atoms with Gasteiger partial charge in [0.15, 0.2) is 0 Å². The van der Waals surface area contributed by atoms with E-state index in [-0.39, 0.29) is 17.4 Å². The average molecular weight is 259 g/mol. The third-order valence-corrected chi connectivity index (χ3v) is 2.64. The van der Waals surface area contributed by atoms with E-state index in [1.165, 1.54) is 6.07 Å². The number of aromatic nitrogens is 1. The molecule has 0 bridgehead atoms. The van der Waals surface area contributed by atoms with Crippen molar-refractivity contribution in [3.8, 4) is 0 Å². The highest BCUT2D eigenvalue weighted by atomic mass is 19.1. The van der Waals surface area contributed by atoms with E-state index in [1.54, 1.807) is 36.4 Å². The summed E-state index contributed by atoms with van der Waals surface area (Å²) in [7, 11) is 0. The van der Waals surface area contributed by atoms with Crippen molar-refractivity contribution in [2.75, 3.05) is 12.3 Å². The van der Waals surface area contributed by atoms with Crippen LogP contribution in [0.2, 0.25) is 0 Å². The predicted octanol–water partition coefficient (Wildman–Crippen LogP) is 1.78. The van der Waals surface area contributed by atoms with Crippen LogP contribution in [-0.2, 0) is 6.42 Å². The molecule has 0 saturated carbocycles. The fourth-order valence-electron chi connectivity index (χ4n) is 1.68. The first kappa shape index (κ1) is 13.0. The number of nitrogens with two attached hydrogens (primary N) is 1. The summed E-state index contributed by atoms with van der Waals surface area (Å²) >= 11 is 0. The summed E-state index contributed by atoms with van der Waals surface area (Å²) in [4.78, 5) is 15.7. The van der Waals surface area contributed by atoms with E-state index in [4.69, 9.17) is 5.73 Å². The number of amides is 1. The molecule has 1 aromatic heterocycles. The first-order valence-electron chi connectivity index (χ1n) is 5.91. The number of hydrogen-bond donors (Lipinski definition) is 2. The van der Waals surface area contributed by atoms with Gasteiger partial charge in [0.25, 0.3) is 5.91 Å². The maximum atomic E-state index is 13.3. The Morgan fingerprint density at radius 3 is 2.74 bits per heavy atom. The molecular weight excluding hydrogens is 245 g/mol. The Morgan fingerprint density at radius 2 is 2.00 bits per heavy atom. The first-order chi connectivity index (χ1) is 9.16. The van der Waals surface area contributed by atoms with Crippen LogP contribution in [0, 0.1) is 5.82 Å². The van der Waals surface area contributed by atoms with Crippen LogP contribution in [-0.4, -0.2) is 17.4 Å². The summed E-state index contributed by atoms with van der Waals surface area (Å²) in [6.07, 6.45) is 0.431. The Labute approximate surface area is 110 Å². The Kier molecular flexibility index (Phi) is 4.07. The van der Waals surface area contributed by atoms with Crippen LogP contribution in [0.25, 0.3) is 0 Å². The Hall–Kier alpha value is -2.43. The zero-order valence-corrected chi connectivity index (χ0v) is 10.3. The zero-order valence-electron chi connectivity index (χ0n) is 10.3. The quantitative estimate of drug-likeness (QED) is 0.879. The van der Waals surface area contributed by atoms with Crippen molar-refractivity contribution in [2.24, 2.45) is 0 Å². The summed E-state index contributed by atoms with van der Waals surface area (Å²) in [5, 5.41) is 2.68. The summed E-state index contributed by atoms with van der Waals surface area (Å²) in [5.41, 5.74) is 6.33. The van der Waals surface area contributed by atoms with Crippen molar-refractivity contribution in [3.05, 3.63) is 59.5 Å². The second-order valence-electron chi connectivity index (χ2n) is 4.05. The molecule has 1 heterocycles. The summed E-state index contributed by atoms with van der Waals surface area (Å²) in [6.45, 7) is 0.343. The molecule has 0 radical (unpaired) electrons. The monoisotopic (exact) mass is 259 g/mol. The van der Waals surface area contributed by atoms with E-state index in [0.717, 1.165) is 0 Å². The Balaban J connectivity index is 1.90. The molecule has 0 unspecified atom stereocenters. The fourth-order valence-corrected chi connectivity index (χ4v) is 1.68. The number of nitrogens with one attached hydrogen (secondary N) is 1. The van der Waals surface area contributed by atoms with Crippen molar-refractivity contribution >= 4 is 11.7 Å². The lowest BCUT2D eigenvalue weighted by molar-refractivity contribution is 0.0949. The number of nitrogens with zero attached hydrogens (tertiary/aromatic N) is 1. The van der Waals surface area contributed by atoms with Gasteiger partial charge in [0.2, 0.25) is 0 Å². The number of hydrogen-bond acceptors (Lipinski definition) is 3. The summed E-state index contributed by atoms with van der Waals surface area (Å²) in [5.74, 6) is -0.288. The van der Waals surface area contributed by atoms with Crippen molar-refractivity contribution in [1.82, 2.24) is 10.3 Å². The second kappa shape index (κ2) is 5.95. The van der Waals surface area contributed by atoms with Crippen LogP contribution in [0.3, 0.4) is 0 Å². The average Bonchev–Trinajstić information content (AvgIpc) is 2.41. The number of benzene rings is 1. The number of rotatable bonds is 4. The van der Waals surface area contributed by atoms with E-state index in [1.807, 2.05) is 0 Å². The molecule has 0 aliphatic carbocycles. The number of nitrogen functional groups attached to an aromatic ring is 1. The highest BCUT2D eigenvalue weighted by Crippen LogP contribution is 2.06. The normalized spacial score (nSPS) is 10.2. The maximum Gasteiger partial charge on any atom is 0.269 e. The van der Waals surface area contributed by atoms with Gasteiger partial charge in [-0.1, -0.05) is 24.3 Å². The van der Waals surface area contributed by atoms with Crippen LogP contribution in [0.1, 0.15) is 16.1 Å². The molecule has 0 aliphatic heterocycles. The van der Waals surface area contributed by atoms with E-state index >= 15 is 0 Å². The number of anilines is 1. The molecule has 0 aliphatic rings. The molecule has 5 heteroatoms. The number of pyridine rings is 1. The molecule has 2 rings (SSSR count). The van der Waals surface area contributed by atoms with Crippen molar-refractivity contribution < 1.29 is 9.18 Å². The SMILES string of the molecule is Nc1cccc(C(=O)NCCc2ccccc2F)n1. The van der Waals surface area contributed by atoms with Crippen molar-refractivity contribution in [3.63, 3.8) is 0 Å². The number of carbonyl (C=O) groups excluding carboxylic acids is 1. The molecule has 1 aromatic carbocycles. The van der Waals surface area contributed by atoms with Crippen LogP contribution in [0.4, 0.5) is 10.2 Å². The van der Waals surface area contributed by atoms with Gasteiger partial charge < -0.3 is 11.1 Å². The molecule has 0 fully saturated rings. The highest BCUT2D eigenvalue weighted by molar-refractivity contribution is 5.92. The van der Waals surface area contributed by atoms with Crippen LogP contribution in [0.5, 0.6) is 0 Å². The molecule has 0 atom stereocenters. The lowest BCUT2D eigenvalue weighted by Gasteiger charge is -2.06.